The zero-order valence-corrected chi connectivity index (χ0v) is 19.0. The summed E-state index contributed by atoms with van der Waals surface area (Å²) in [6.45, 7) is 10.8. The van der Waals surface area contributed by atoms with Gasteiger partial charge in [-0.1, -0.05) is 54.6 Å². The Morgan fingerprint density at radius 1 is 0.735 bits per heavy atom. The number of primary amides is 2. The van der Waals surface area contributed by atoms with Crippen LogP contribution in [0.3, 0.4) is 0 Å². The zero-order chi connectivity index (χ0) is 25.6. The lowest BCUT2D eigenvalue weighted by Crippen LogP contribution is -2.36. The Balaban J connectivity index is 2.95. The molecule has 0 aliphatic heterocycles. The van der Waals surface area contributed by atoms with Crippen molar-refractivity contribution in [3.63, 3.8) is 0 Å². The van der Waals surface area contributed by atoms with Gasteiger partial charge < -0.3 is 22.1 Å². The minimum atomic E-state index is -1.16. The maximum absolute atomic E-state index is 13.4. The Morgan fingerprint density at radius 3 is 1.68 bits per heavy atom. The molecule has 0 radical (unpaired) electrons. The van der Waals surface area contributed by atoms with Crippen molar-refractivity contribution in [3.05, 3.63) is 94.1 Å². The summed E-state index contributed by atoms with van der Waals surface area (Å²) in [7, 11) is 0. The van der Waals surface area contributed by atoms with E-state index in [1.165, 1.54) is 12.1 Å². The highest BCUT2D eigenvalue weighted by molar-refractivity contribution is 6.24. The van der Waals surface area contributed by atoms with Crippen molar-refractivity contribution >= 4 is 29.4 Å². The Labute approximate surface area is 196 Å². The van der Waals surface area contributed by atoms with Gasteiger partial charge in [-0.15, -0.1) is 0 Å². The standard InChI is InChI=1S/C25H26N4O5/c1-13(2)11-28-24(33)19-16(21(30)15-8-6-5-7-9-15)10-17(22(26)31)18(23(27)32)20(19)25(34)29-12-14(3)4/h5-10H,1,3,11-12H2,2,4H3,(H2,26,31)(H2,27,32)(H,28,33)(H,29,34). The van der Waals surface area contributed by atoms with Crippen LogP contribution < -0.4 is 22.1 Å². The van der Waals surface area contributed by atoms with E-state index >= 15 is 0 Å². The smallest absolute Gasteiger partial charge is 0.253 e. The van der Waals surface area contributed by atoms with E-state index in [2.05, 4.69) is 23.8 Å². The van der Waals surface area contributed by atoms with E-state index < -0.39 is 51.7 Å². The second-order valence-corrected chi connectivity index (χ2v) is 7.80. The van der Waals surface area contributed by atoms with Gasteiger partial charge in [0.05, 0.1) is 22.3 Å². The molecule has 2 rings (SSSR count). The highest BCUT2D eigenvalue weighted by Crippen LogP contribution is 2.26. The first-order chi connectivity index (χ1) is 16.0. The Bertz CT molecular complexity index is 1220. The SMILES string of the molecule is C=C(C)CNC(=O)c1c(C(=O)c2ccccc2)cc(C(N)=O)c(C(N)=O)c1C(=O)NCC(=C)C. The molecular formula is C25H26N4O5. The third-order valence-electron chi connectivity index (χ3n) is 4.68. The third kappa shape index (κ3) is 5.83. The lowest BCUT2D eigenvalue weighted by Gasteiger charge is -2.19. The van der Waals surface area contributed by atoms with Gasteiger partial charge in [0.15, 0.2) is 5.78 Å². The quantitative estimate of drug-likeness (QED) is 0.312. The average Bonchev–Trinajstić information content (AvgIpc) is 2.79. The van der Waals surface area contributed by atoms with Gasteiger partial charge in [-0.25, -0.2) is 0 Å². The van der Waals surface area contributed by atoms with Gasteiger partial charge in [-0.3, -0.25) is 24.0 Å². The molecule has 0 aromatic heterocycles. The van der Waals surface area contributed by atoms with Crippen LogP contribution in [0.2, 0.25) is 0 Å². The van der Waals surface area contributed by atoms with Crippen LogP contribution in [0.5, 0.6) is 0 Å². The van der Waals surface area contributed by atoms with E-state index in [0.29, 0.717) is 11.1 Å². The molecule has 2 aromatic carbocycles. The molecule has 0 unspecified atom stereocenters. The van der Waals surface area contributed by atoms with E-state index in [4.69, 9.17) is 11.5 Å². The number of benzene rings is 2. The number of hydrogen-bond donors (Lipinski definition) is 4. The number of rotatable bonds is 10. The van der Waals surface area contributed by atoms with E-state index in [-0.39, 0.29) is 24.2 Å². The van der Waals surface area contributed by atoms with Crippen LogP contribution in [0.4, 0.5) is 0 Å². The van der Waals surface area contributed by atoms with E-state index in [1.807, 2.05) is 0 Å². The Kier molecular flexibility index (Phi) is 8.22. The highest BCUT2D eigenvalue weighted by atomic mass is 16.2. The van der Waals surface area contributed by atoms with Gasteiger partial charge in [0.1, 0.15) is 0 Å². The number of carbonyl (C=O) groups is 5. The monoisotopic (exact) mass is 462 g/mol. The average molecular weight is 463 g/mol. The predicted molar refractivity (Wildman–Crippen MR) is 128 cm³/mol. The Morgan fingerprint density at radius 2 is 1.24 bits per heavy atom. The molecule has 0 bridgehead atoms. The first-order valence-electron chi connectivity index (χ1n) is 10.2. The van der Waals surface area contributed by atoms with E-state index in [0.717, 1.165) is 6.07 Å². The van der Waals surface area contributed by atoms with E-state index in [1.54, 1.807) is 32.0 Å². The largest absolute Gasteiger partial charge is 0.366 e. The summed E-state index contributed by atoms with van der Waals surface area (Å²) in [6, 6.07) is 8.94. The second kappa shape index (κ2) is 10.9. The molecule has 2 aromatic rings. The van der Waals surface area contributed by atoms with Gasteiger partial charge in [0, 0.05) is 24.2 Å². The summed E-state index contributed by atoms with van der Waals surface area (Å²) in [5.41, 5.74) is 10.1. The van der Waals surface area contributed by atoms with E-state index in [9.17, 15) is 24.0 Å². The highest BCUT2D eigenvalue weighted by Gasteiger charge is 2.33. The fourth-order valence-corrected chi connectivity index (χ4v) is 3.16. The number of carbonyl (C=O) groups excluding carboxylic acids is 5. The Hall–Kier alpha value is -4.53. The van der Waals surface area contributed by atoms with Crippen LogP contribution in [-0.4, -0.2) is 42.5 Å². The van der Waals surface area contributed by atoms with Crippen LogP contribution in [0.1, 0.15) is 71.2 Å². The van der Waals surface area contributed by atoms with Crippen molar-refractivity contribution in [1.29, 1.82) is 0 Å². The molecule has 0 aliphatic carbocycles. The molecule has 0 spiro atoms. The second-order valence-electron chi connectivity index (χ2n) is 7.80. The molecule has 0 atom stereocenters. The van der Waals surface area contributed by atoms with Gasteiger partial charge in [0.2, 0.25) is 11.8 Å². The lowest BCUT2D eigenvalue weighted by molar-refractivity contribution is 0.0908. The summed E-state index contributed by atoms with van der Waals surface area (Å²) in [5.74, 6) is -4.65. The number of amides is 4. The maximum Gasteiger partial charge on any atom is 0.253 e. The molecule has 6 N–H and O–H groups in total. The van der Waals surface area contributed by atoms with Gasteiger partial charge in [-0.05, 0) is 19.9 Å². The summed E-state index contributed by atoms with van der Waals surface area (Å²) < 4.78 is 0. The normalized spacial score (nSPS) is 10.2. The van der Waals surface area contributed by atoms with Crippen molar-refractivity contribution < 1.29 is 24.0 Å². The van der Waals surface area contributed by atoms with Gasteiger partial charge >= 0.3 is 0 Å². The number of hydrogen-bond acceptors (Lipinski definition) is 5. The van der Waals surface area contributed by atoms with Crippen molar-refractivity contribution in [1.82, 2.24) is 10.6 Å². The molecule has 0 aliphatic rings. The fourth-order valence-electron chi connectivity index (χ4n) is 3.16. The summed E-state index contributed by atoms with van der Waals surface area (Å²) >= 11 is 0. The predicted octanol–water partition coefficient (Wildman–Crippen LogP) is 1.73. The summed E-state index contributed by atoms with van der Waals surface area (Å²) in [5, 5.41) is 5.08. The molecule has 176 valence electrons. The fraction of sp³-hybridized carbons (Fsp3) is 0.160. The van der Waals surface area contributed by atoms with Crippen molar-refractivity contribution in [2.24, 2.45) is 11.5 Å². The van der Waals surface area contributed by atoms with Crippen LogP contribution >= 0.6 is 0 Å². The molecule has 9 heteroatoms. The van der Waals surface area contributed by atoms with Crippen LogP contribution in [-0.2, 0) is 0 Å². The van der Waals surface area contributed by atoms with Gasteiger partial charge in [0.25, 0.3) is 11.8 Å². The maximum atomic E-state index is 13.4. The third-order valence-corrected chi connectivity index (χ3v) is 4.68. The number of nitrogens with one attached hydrogen (secondary N) is 2. The number of nitrogens with two attached hydrogens (primary N) is 2. The van der Waals surface area contributed by atoms with Crippen LogP contribution in [0, 0.1) is 0 Å². The first-order valence-corrected chi connectivity index (χ1v) is 10.2. The minimum absolute atomic E-state index is 0.00657. The molecule has 0 heterocycles. The van der Waals surface area contributed by atoms with Crippen molar-refractivity contribution in [2.75, 3.05) is 13.1 Å². The molecule has 0 saturated heterocycles. The minimum Gasteiger partial charge on any atom is -0.366 e. The molecule has 0 fully saturated rings. The topological polar surface area (TPSA) is 161 Å². The number of ketones is 1. The molecule has 4 amide bonds. The molecular weight excluding hydrogens is 436 g/mol. The lowest BCUT2D eigenvalue weighted by atomic mass is 9.86. The molecule has 9 nitrogen and oxygen atoms in total. The summed E-state index contributed by atoms with van der Waals surface area (Å²) in [6.07, 6.45) is 0. The van der Waals surface area contributed by atoms with Crippen molar-refractivity contribution in [3.8, 4) is 0 Å². The van der Waals surface area contributed by atoms with Gasteiger partial charge in [-0.2, -0.15) is 0 Å². The van der Waals surface area contributed by atoms with Crippen LogP contribution in [0.25, 0.3) is 0 Å². The molecule has 0 saturated carbocycles. The first kappa shape index (κ1) is 25.7. The summed E-state index contributed by atoms with van der Waals surface area (Å²) in [4.78, 5) is 64.4. The zero-order valence-electron chi connectivity index (χ0n) is 19.0. The molecule has 34 heavy (non-hydrogen) atoms. The van der Waals surface area contributed by atoms with Crippen LogP contribution in [0.15, 0.2) is 60.7 Å². The van der Waals surface area contributed by atoms with Crippen molar-refractivity contribution in [2.45, 2.75) is 13.8 Å².